The average Bonchev–Trinajstić information content (AvgIpc) is 3.12. The lowest BCUT2D eigenvalue weighted by molar-refractivity contribution is -0.139. The number of halogens is 1. The van der Waals surface area contributed by atoms with Crippen molar-refractivity contribution in [2.45, 2.75) is 19.4 Å². The lowest BCUT2D eigenvalue weighted by atomic mass is 9.95. The molecule has 35 heavy (non-hydrogen) atoms. The van der Waals surface area contributed by atoms with Gasteiger partial charge in [0.1, 0.15) is 11.6 Å². The topological polar surface area (TPSA) is 76.1 Å². The Hall–Kier alpha value is -4.13. The Labute approximate surface area is 203 Å². The number of hydrogen-bond acceptors (Lipinski definition) is 5. The number of carbonyl (C=O) groups excluding carboxylic acids is 2. The number of likely N-dealkylation sites (tertiary alicyclic amines) is 1. The highest BCUT2D eigenvalue weighted by atomic mass is 19.1. The van der Waals surface area contributed by atoms with Crippen LogP contribution in [0.1, 0.15) is 28.3 Å². The molecule has 0 saturated carbocycles. The highest BCUT2D eigenvalue weighted by Crippen LogP contribution is 2.39. The molecule has 180 valence electrons. The predicted octanol–water partition coefficient (Wildman–Crippen LogP) is 4.82. The van der Waals surface area contributed by atoms with Crippen molar-refractivity contribution in [1.29, 1.82) is 0 Å². The highest BCUT2D eigenvalue weighted by molar-refractivity contribution is 6.46. The number of aliphatic hydroxyl groups excluding tert-OH is 1. The first kappa shape index (κ1) is 24.0. The Balaban J connectivity index is 1.73. The summed E-state index contributed by atoms with van der Waals surface area (Å²) in [6.45, 7) is 2.11. The zero-order chi connectivity index (χ0) is 25.1. The Morgan fingerprint density at radius 2 is 1.60 bits per heavy atom. The van der Waals surface area contributed by atoms with Gasteiger partial charge in [-0.25, -0.2) is 4.39 Å². The maximum absolute atomic E-state index is 13.7. The zero-order valence-corrected chi connectivity index (χ0v) is 19.7. The fourth-order valence-electron chi connectivity index (χ4n) is 4.25. The Morgan fingerprint density at radius 3 is 2.23 bits per heavy atom. The summed E-state index contributed by atoms with van der Waals surface area (Å²) in [5, 5.41) is 11.1. The predicted molar refractivity (Wildman–Crippen MR) is 130 cm³/mol. The van der Waals surface area contributed by atoms with Gasteiger partial charge in [-0.05, 0) is 48.7 Å². The number of Topliss-reactive ketones (excluding diaryl/α,β-unsaturated/α-hetero) is 1. The third kappa shape index (κ3) is 4.75. The molecular formula is C28H26FNO5. The number of aliphatic hydroxyl groups is 1. The van der Waals surface area contributed by atoms with Crippen molar-refractivity contribution in [3.8, 4) is 11.5 Å². The van der Waals surface area contributed by atoms with Crippen LogP contribution in [-0.2, 0) is 16.0 Å². The number of benzene rings is 3. The summed E-state index contributed by atoms with van der Waals surface area (Å²) < 4.78 is 24.3. The number of ketones is 1. The van der Waals surface area contributed by atoms with E-state index in [1.54, 1.807) is 32.4 Å². The normalized spacial score (nSPS) is 17.0. The van der Waals surface area contributed by atoms with Crippen LogP contribution in [0.3, 0.4) is 0 Å². The van der Waals surface area contributed by atoms with Gasteiger partial charge in [-0.15, -0.1) is 0 Å². The molecular weight excluding hydrogens is 449 g/mol. The number of methoxy groups -OCH3 is 2. The Morgan fingerprint density at radius 1 is 0.943 bits per heavy atom. The summed E-state index contributed by atoms with van der Waals surface area (Å²) in [6.07, 6.45) is 0.426. The van der Waals surface area contributed by atoms with Gasteiger partial charge in [0.05, 0.1) is 25.8 Å². The molecule has 0 bridgehead atoms. The molecule has 1 aliphatic heterocycles. The number of nitrogens with zero attached hydrogens (tertiary/aromatic N) is 1. The van der Waals surface area contributed by atoms with E-state index in [1.807, 2.05) is 31.2 Å². The fraction of sp³-hybridized carbons (Fsp3) is 0.214. The number of amides is 1. The van der Waals surface area contributed by atoms with Gasteiger partial charge in [0.2, 0.25) is 0 Å². The van der Waals surface area contributed by atoms with Crippen LogP contribution in [-0.4, -0.2) is 42.5 Å². The minimum atomic E-state index is -0.850. The molecule has 1 aliphatic rings. The van der Waals surface area contributed by atoms with Crippen molar-refractivity contribution in [1.82, 2.24) is 4.90 Å². The van der Waals surface area contributed by atoms with E-state index in [1.165, 1.54) is 29.2 Å². The average molecular weight is 476 g/mol. The van der Waals surface area contributed by atoms with E-state index >= 15 is 0 Å². The summed E-state index contributed by atoms with van der Waals surface area (Å²) in [7, 11) is 3.09. The van der Waals surface area contributed by atoms with Gasteiger partial charge in [-0.2, -0.15) is 0 Å². The third-order valence-corrected chi connectivity index (χ3v) is 6.14. The van der Waals surface area contributed by atoms with Gasteiger partial charge >= 0.3 is 0 Å². The van der Waals surface area contributed by atoms with E-state index in [0.29, 0.717) is 29.0 Å². The first-order valence-corrected chi connectivity index (χ1v) is 11.2. The monoisotopic (exact) mass is 475 g/mol. The third-order valence-electron chi connectivity index (χ3n) is 6.14. The number of aryl methyl sites for hydroxylation is 1. The molecule has 6 nitrogen and oxygen atoms in total. The van der Waals surface area contributed by atoms with Crippen LogP contribution in [0.4, 0.5) is 4.39 Å². The maximum atomic E-state index is 13.7. The quantitative estimate of drug-likeness (QED) is 0.301. The van der Waals surface area contributed by atoms with Gasteiger partial charge in [0.25, 0.3) is 11.7 Å². The molecule has 4 rings (SSSR count). The molecule has 1 unspecified atom stereocenters. The van der Waals surface area contributed by atoms with Gasteiger partial charge in [0.15, 0.2) is 11.5 Å². The molecule has 1 saturated heterocycles. The van der Waals surface area contributed by atoms with E-state index in [2.05, 4.69) is 0 Å². The minimum absolute atomic E-state index is 0.0160. The first-order chi connectivity index (χ1) is 16.8. The number of ether oxygens (including phenoxy) is 2. The van der Waals surface area contributed by atoms with Gasteiger partial charge in [-0.3, -0.25) is 9.59 Å². The molecule has 0 radical (unpaired) electrons. The summed E-state index contributed by atoms with van der Waals surface area (Å²) in [4.78, 5) is 27.7. The Bertz CT molecular complexity index is 1280. The van der Waals surface area contributed by atoms with Crippen molar-refractivity contribution in [3.05, 3.63) is 100 Å². The van der Waals surface area contributed by atoms with Gasteiger partial charge in [-0.1, -0.05) is 48.0 Å². The Kier molecular flexibility index (Phi) is 6.87. The van der Waals surface area contributed by atoms with Crippen molar-refractivity contribution in [2.24, 2.45) is 0 Å². The smallest absolute Gasteiger partial charge is 0.295 e. The lowest BCUT2D eigenvalue weighted by Gasteiger charge is -2.25. The molecule has 0 aliphatic carbocycles. The minimum Gasteiger partial charge on any atom is -0.507 e. The summed E-state index contributed by atoms with van der Waals surface area (Å²) in [5.74, 6) is -1.04. The first-order valence-electron chi connectivity index (χ1n) is 11.2. The van der Waals surface area contributed by atoms with Crippen LogP contribution in [0.15, 0.2) is 72.3 Å². The summed E-state index contributed by atoms with van der Waals surface area (Å²) in [6, 6.07) is 17.2. The zero-order valence-electron chi connectivity index (χ0n) is 19.7. The van der Waals surface area contributed by atoms with Crippen LogP contribution in [0.2, 0.25) is 0 Å². The second-order valence-corrected chi connectivity index (χ2v) is 8.35. The number of rotatable bonds is 7. The van der Waals surface area contributed by atoms with E-state index in [4.69, 9.17) is 9.47 Å². The largest absolute Gasteiger partial charge is 0.507 e. The maximum Gasteiger partial charge on any atom is 0.295 e. The molecule has 3 aromatic rings. The van der Waals surface area contributed by atoms with Crippen molar-refractivity contribution in [3.63, 3.8) is 0 Å². The van der Waals surface area contributed by atoms with Crippen LogP contribution in [0.5, 0.6) is 11.5 Å². The molecule has 1 amide bonds. The van der Waals surface area contributed by atoms with E-state index < -0.39 is 23.5 Å². The number of carbonyl (C=O) groups is 2. The second kappa shape index (κ2) is 10.0. The second-order valence-electron chi connectivity index (χ2n) is 8.35. The van der Waals surface area contributed by atoms with Crippen molar-refractivity contribution >= 4 is 17.4 Å². The van der Waals surface area contributed by atoms with Crippen LogP contribution in [0, 0.1) is 12.7 Å². The van der Waals surface area contributed by atoms with Crippen LogP contribution < -0.4 is 9.47 Å². The van der Waals surface area contributed by atoms with E-state index in [-0.39, 0.29) is 17.9 Å². The van der Waals surface area contributed by atoms with E-state index in [0.717, 1.165) is 11.1 Å². The summed E-state index contributed by atoms with van der Waals surface area (Å²) >= 11 is 0. The molecule has 7 heteroatoms. The highest BCUT2D eigenvalue weighted by Gasteiger charge is 2.45. The van der Waals surface area contributed by atoms with Crippen molar-refractivity contribution < 1.29 is 28.6 Å². The van der Waals surface area contributed by atoms with Crippen LogP contribution in [0.25, 0.3) is 5.76 Å². The molecule has 3 aromatic carbocycles. The summed E-state index contributed by atoms with van der Waals surface area (Å²) in [5.41, 5.74) is 2.82. The van der Waals surface area contributed by atoms with E-state index in [9.17, 15) is 19.1 Å². The standard InChI is InChI=1S/C28H26FNO5/c1-17-4-7-20(8-5-17)26(31)24-25(19-9-11-21(29)12-10-19)30(28(33)27(24)32)15-14-18-6-13-22(34-2)23(16-18)35-3/h4-13,16,25,31H,14-15H2,1-3H3/b26-24+. The molecule has 1 heterocycles. The SMILES string of the molecule is COc1ccc(CCN2C(=O)C(=O)/C(=C(/O)c3ccc(C)cc3)C2c2ccc(F)cc2)cc1OC. The molecule has 1 N–H and O–H groups in total. The van der Waals surface area contributed by atoms with Gasteiger partial charge in [0, 0.05) is 12.1 Å². The van der Waals surface area contributed by atoms with Gasteiger partial charge < -0.3 is 19.5 Å². The molecule has 0 spiro atoms. The molecule has 1 fully saturated rings. The number of hydrogen-bond donors (Lipinski definition) is 1. The van der Waals surface area contributed by atoms with Crippen molar-refractivity contribution in [2.75, 3.05) is 20.8 Å². The van der Waals surface area contributed by atoms with Crippen LogP contribution >= 0.6 is 0 Å². The fourth-order valence-corrected chi connectivity index (χ4v) is 4.25. The molecule has 0 aromatic heterocycles. The lowest BCUT2D eigenvalue weighted by Crippen LogP contribution is -2.31. The molecule has 1 atom stereocenters.